The Morgan fingerprint density at radius 2 is 1.89 bits per heavy atom. The number of hydrogen-bond acceptors (Lipinski definition) is 0. The van der Waals surface area contributed by atoms with Gasteiger partial charge in [-0.15, -0.1) is 0 Å². The van der Waals surface area contributed by atoms with E-state index in [-0.39, 0.29) is 0 Å². The summed E-state index contributed by atoms with van der Waals surface area (Å²) in [4.78, 5) is 0. The summed E-state index contributed by atoms with van der Waals surface area (Å²) in [6.07, 6.45) is 4.35. The Balaban J connectivity index is 2.41. The maximum absolute atomic E-state index is 2.41. The highest BCUT2D eigenvalue weighted by Gasteiger charge is 2.27. The fourth-order valence-corrected chi connectivity index (χ4v) is 2.04. The molecule has 0 aromatic heterocycles. The highest BCUT2D eigenvalue weighted by atomic mass is 14.3. The van der Waals surface area contributed by atoms with Crippen LogP contribution in [0.25, 0.3) is 0 Å². The topological polar surface area (TPSA) is 0 Å². The van der Waals surface area contributed by atoms with Gasteiger partial charge in [0, 0.05) is 0 Å². The highest BCUT2D eigenvalue weighted by Crippen LogP contribution is 2.37. The summed E-state index contributed by atoms with van der Waals surface area (Å²) < 4.78 is 0. The summed E-state index contributed by atoms with van der Waals surface area (Å²) in [5.41, 5.74) is 0. The van der Waals surface area contributed by atoms with Gasteiger partial charge in [0.1, 0.15) is 0 Å². The molecule has 1 aliphatic rings. The predicted octanol–water partition coefficient (Wildman–Crippen LogP) is 3.08. The monoisotopic (exact) mass is 126 g/mol. The Morgan fingerprint density at radius 1 is 1.22 bits per heavy atom. The van der Waals surface area contributed by atoms with Crippen molar-refractivity contribution in [1.82, 2.24) is 0 Å². The van der Waals surface area contributed by atoms with Crippen molar-refractivity contribution in [2.24, 2.45) is 17.8 Å². The van der Waals surface area contributed by atoms with Crippen molar-refractivity contribution in [2.45, 2.75) is 40.0 Å². The van der Waals surface area contributed by atoms with Crippen molar-refractivity contribution < 1.29 is 0 Å². The minimum absolute atomic E-state index is 0.995. The van der Waals surface area contributed by atoms with Crippen LogP contribution >= 0.6 is 0 Å². The first-order valence-electron chi connectivity index (χ1n) is 4.25. The summed E-state index contributed by atoms with van der Waals surface area (Å²) in [7, 11) is 0. The van der Waals surface area contributed by atoms with Crippen LogP contribution in [-0.4, -0.2) is 0 Å². The Labute approximate surface area is 58.7 Å². The largest absolute Gasteiger partial charge is 0.0651 e. The van der Waals surface area contributed by atoms with Crippen LogP contribution < -0.4 is 0 Å². The second kappa shape index (κ2) is 2.72. The fourth-order valence-electron chi connectivity index (χ4n) is 2.04. The molecule has 0 bridgehead atoms. The van der Waals surface area contributed by atoms with Crippen molar-refractivity contribution >= 4 is 0 Å². The average Bonchev–Trinajstić information content (AvgIpc) is 2.15. The van der Waals surface area contributed by atoms with Gasteiger partial charge < -0.3 is 0 Å². The SMILES string of the molecule is CC[C@@H]1CC[C@H](C)[C@H]1C. The van der Waals surface area contributed by atoms with Crippen LogP contribution in [0.3, 0.4) is 0 Å². The van der Waals surface area contributed by atoms with Crippen LogP contribution in [0.5, 0.6) is 0 Å². The van der Waals surface area contributed by atoms with Gasteiger partial charge in [0.15, 0.2) is 0 Å². The Morgan fingerprint density at radius 3 is 2.11 bits per heavy atom. The zero-order valence-electron chi connectivity index (χ0n) is 6.85. The summed E-state index contributed by atoms with van der Waals surface area (Å²) in [5, 5.41) is 0. The molecule has 1 saturated carbocycles. The lowest BCUT2D eigenvalue weighted by atomic mass is 9.91. The first kappa shape index (κ1) is 7.11. The average molecular weight is 126 g/mol. The van der Waals surface area contributed by atoms with E-state index in [1.807, 2.05) is 0 Å². The van der Waals surface area contributed by atoms with Gasteiger partial charge in [0.2, 0.25) is 0 Å². The molecule has 0 saturated heterocycles. The maximum Gasteiger partial charge on any atom is -0.0388 e. The van der Waals surface area contributed by atoms with E-state index >= 15 is 0 Å². The third-order valence-electron chi connectivity index (χ3n) is 3.16. The zero-order chi connectivity index (χ0) is 6.85. The Kier molecular flexibility index (Phi) is 2.15. The van der Waals surface area contributed by atoms with Crippen molar-refractivity contribution in [3.63, 3.8) is 0 Å². The van der Waals surface area contributed by atoms with Crippen LogP contribution in [0.15, 0.2) is 0 Å². The maximum atomic E-state index is 2.41. The van der Waals surface area contributed by atoms with Crippen LogP contribution in [-0.2, 0) is 0 Å². The van der Waals surface area contributed by atoms with Crippen molar-refractivity contribution in [3.05, 3.63) is 0 Å². The molecule has 9 heavy (non-hydrogen) atoms. The van der Waals surface area contributed by atoms with Crippen LogP contribution in [0.4, 0.5) is 0 Å². The van der Waals surface area contributed by atoms with E-state index in [0.29, 0.717) is 0 Å². The lowest BCUT2D eigenvalue weighted by Gasteiger charge is -2.15. The van der Waals surface area contributed by atoms with E-state index in [9.17, 15) is 0 Å². The lowest BCUT2D eigenvalue weighted by molar-refractivity contribution is 0.349. The number of rotatable bonds is 1. The highest BCUT2D eigenvalue weighted by molar-refractivity contribution is 4.78. The van der Waals surface area contributed by atoms with Gasteiger partial charge in [-0.1, -0.05) is 33.6 Å². The molecular weight excluding hydrogens is 108 g/mol. The molecule has 0 aromatic rings. The fraction of sp³-hybridized carbons (Fsp3) is 1.00. The molecule has 54 valence electrons. The van der Waals surface area contributed by atoms with Gasteiger partial charge in [-0.2, -0.15) is 0 Å². The van der Waals surface area contributed by atoms with Crippen molar-refractivity contribution in [2.75, 3.05) is 0 Å². The second-order valence-electron chi connectivity index (χ2n) is 3.58. The van der Waals surface area contributed by atoms with Crippen LogP contribution in [0.1, 0.15) is 40.0 Å². The summed E-state index contributed by atoms with van der Waals surface area (Å²) in [6.45, 7) is 7.12. The van der Waals surface area contributed by atoms with E-state index < -0.39 is 0 Å². The molecule has 0 radical (unpaired) electrons. The second-order valence-corrected chi connectivity index (χ2v) is 3.58. The summed E-state index contributed by atoms with van der Waals surface area (Å²) in [5.74, 6) is 3.03. The molecule has 0 spiro atoms. The Bertz CT molecular complexity index is 86.0. The van der Waals surface area contributed by atoms with Crippen molar-refractivity contribution in [3.8, 4) is 0 Å². The van der Waals surface area contributed by atoms with Gasteiger partial charge in [0.25, 0.3) is 0 Å². The third kappa shape index (κ3) is 1.28. The molecule has 0 heterocycles. The molecule has 0 nitrogen and oxygen atoms in total. The first-order valence-corrected chi connectivity index (χ1v) is 4.25. The third-order valence-corrected chi connectivity index (χ3v) is 3.16. The number of hydrogen-bond donors (Lipinski definition) is 0. The predicted molar refractivity (Wildman–Crippen MR) is 41.3 cm³/mol. The smallest absolute Gasteiger partial charge is 0.0388 e. The van der Waals surface area contributed by atoms with E-state index in [1.54, 1.807) is 0 Å². The standard InChI is InChI=1S/C9H18/c1-4-9-6-5-7(2)8(9)3/h7-9H,4-6H2,1-3H3/t7-,8+,9+/m0/s1. The van der Waals surface area contributed by atoms with E-state index in [4.69, 9.17) is 0 Å². The van der Waals surface area contributed by atoms with E-state index in [0.717, 1.165) is 17.8 Å². The van der Waals surface area contributed by atoms with Gasteiger partial charge >= 0.3 is 0 Å². The molecule has 0 unspecified atom stereocenters. The summed E-state index contributed by atoms with van der Waals surface area (Å²) in [6, 6.07) is 0. The molecule has 1 fully saturated rings. The van der Waals surface area contributed by atoms with Crippen molar-refractivity contribution in [1.29, 1.82) is 0 Å². The molecule has 0 aromatic carbocycles. The molecule has 0 N–H and O–H groups in total. The quantitative estimate of drug-likeness (QED) is 0.506. The first-order chi connectivity index (χ1) is 4.25. The molecule has 3 atom stereocenters. The summed E-state index contributed by atoms with van der Waals surface area (Å²) >= 11 is 0. The van der Waals surface area contributed by atoms with Gasteiger partial charge in [-0.25, -0.2) is 0 Å². The van der Waals surface area contributed by atoms with Gasteiger partial charge in [-0.3, -0.25) is 0 Å². The molecule has 0 aliphatic heterocycles. The normalized spacial score (nSPS) is 43.7. The lowest BCUT2D eigenvalue weighted by Crippen LogP contribution is -2.07. The van der Waals surface area contributed by atoms with Crippen LogP contribution in [0.2, 0.25) is 0 Å². The Hall–Kier alpha value is 0. The molecule has 0 amide bonds. The minimum Gasteiger partial charge on any atom is -0.0651 e. The van der Waals surface area contributed by atoms with Gasteiger partial charge in [0.05, 0.1) is 0 Å². The van der Waals surface area contributed by atoms with E-state index in [1.165, 1.54) is 19.3 Å². The molecule has 1 rings (SSSR count). The molecule has 1 aliphatic carbocycles. The zero-order valence-corrected chi connectivity index (χ0v) is 6.85. The molecular formula is C9H18. The van der Waals surface area contributed by atoms with E-state index in [2.05, 4.69) is 20.8 Å². The minimum atomic E-state index is 0.995. The van der Waals surface area contributed by atoms with Gasteiger partial charge in [-0.05, 0) is 24.2 Å². The molecule has 0 heteroatoms. The van der Waals surface area contributed by atoms with Crippen LogP contribution in [0, 0.1) is 17.8 Å².